The Bertz CT molecular complexity index is 658. The van der Waals surface area contributed by atoms with Crippen molar-refractivity contribution in [1.82, 2.24) is 9.38 Å². The summed E-state index contributed by atoms with van der Waals surface area (Å²) in [6, 6.07) is 4.22. The third-order valence-corrected chi connectivity index (χ3v) is 4.70. The maximum Gasteiger partial charge on any atom is 0.137 e. The number of imidazole rings is 1. The molecule has 0 N–H and O–H groups in total. The predicted octanol–water partition coefficient (Wildman–Crippen LogP) is 4.44. The molecule has 0 aromatic carbocycles. The summed E-state index contributed by atoms with van der Waals surface area (Å²) < 4.78 is 3.17. The molecule has 0 bridgehead atoms. The molecule has 0 radical (unpaired) electrons. The van der Waals surface area contributed by atoms with Crippen LogP contribution in [0, 0.1) is 13.8 Å². The number of aryl methyl sites for hydroxylation is 2. The fourth-order valence-corrected chi connectivity index (χ4v) is 3.07. The molecule has 0 saturated heterocycles. The third kappa shape index (κ3) is 1.81. The highest BCUT2D eigenvalue weighted by Crippen LogP contribution is 2.29. The van der Waals surface area contributed by atoms with E-state index in [0.29, 0.717) is 0 Å². The molecule has 0 amide bonds. The standard InChI is InChI=1S/C13H11BrN2S/c1-8-3-4-17-13(8)11-7-16-6-10(14)9(2)5-12(16)15-11/h3-7H,1-2H3. The van der Waals surface area contributed by atoms with Gasteiger partial charge >= 0.3 is 0 Å². The Hall–Kier alpha value is -1.13. The van der Waals surface area contributed by atoms with Gasteiger partial charge in [0.25, 0.3) is 0 Å². The van der Waals surface area contributed by atoms with E-state index in [2.05, 4.69) is 69.1 Å². The Morgan fingerprint density at radius 2 is 2.06 bits per heavy atom. The first-order chi connectivity index (χ1) is 8.15. The van der Waals surface area contributed by atoms with Crippen LogP contribution in [-0.2, 0) is 0 Å². The van der Waals surface area contributed by atoms with Gasteiger partial charge in [-0.1, -0.05) is 0 Å². The molecule has 3 aromatic heterocycles. The summed E-state index contributed by atoms with van der Waals surface area (Å²) in [7, 11) is 0. The first kappa shape index (κ1) is 11.0. The zero-order valence-corrected chi connectivity index (χ0v) is 12.0. The minimum absolute atomic E-state index is 0.994. The maximum absolute atomic E-state index is 4.67. The van der Waals surface area contributed by atoms with E-state index in [-0.39, 0.29) is 0 Å². The summed E-state index contributed by atoms with van der Waals surface area (Å²) in [5.41, 5.74) is 4.54. The molecule has 86 valence electrons. The van der Waals surface area contributed by atoms with Crippen molar-refractivity contribution < 1.29 is 0 Å². The summed E-state index contributed by atoms with van der Waals surface area (Å²) in [4.78, 5) is 5.92. The molecule has 3 aromatic rings. The lowest BCUT2D eigenvalue weighted by Gasteiger charge is -1.98. The lowest BCUT2D eigenvalue weighted by molar-refractivity contribution is 1.16. The van der Waals surface area contributed by atoms with Crippen molar-refractivity contribution >= 4 is 32.9 Å². The molecular formula is C13H11BrN2S. The number of thiophene rings is 1. The van der Waals surface area contributed by atoms with Crippen molar-refractivity contribution in [3.05, 3.63) is 45.5 Å². The van der Waals surface area contributed by atoms with Crippen molar-refractivity contribution in [1.29, 1.82) is 0 Å². The fraction of sp³-hybridized carbons (Fsp3) is 0.154. The van der Waals surface area contributed by atoms with E-state index in [0.717, 1.165) is 15.8 Å². The molecule has 4 heteroatoms. The number of fused-ring (bicyclic) bond motifs is 1. The molecule has 0 aliphatic carbocycles. The lowest BCUT2D eigenvalue weighted by Crippen LogP contribution is -1.85. The van der Waals surface area contributed by atoms with E-state index in [1.165, 1.54) is 16.0 Å². The van der Waals surface area contributed by atoms with Gasteiger partial charge in [0.2, 0.25) is 0 Å². The molecule has 0 spiro atoms. The van der Waals surface area contributed by atoms with Gasteiger partial charge in [-0.3, -0.25) is 0 Å². The van der Waals surface area contributed by atoms with Gasteiger partial charge in [0.15, 0.2) is 0 Å². The molecular weight excluding hydrogens is 296 g/mol. The van der Waals surface area contributed by atoms with E-state index >= 15 is 0 Å². The summed E-state index contributed by atoms with van der Waals surface area (Å²) >= 11 is 5.28. The van der Waals surface area contributed by atoms with Crippen LogP contribution in [0.2, 0.25) is 0 Å². The van der Waals surface area contributed by atoms with E-state index in [1.54, 1.807) is 11.3 Å². The van der Waals surface area contributed by atoms with E-state index in [9.17, 15) is 0 Å². The SMILES string of the molecule is Cc1cc2nc(-c3sccc3C)cn2cc1Br. The molecule has 0 unspecified atom stereocenters. The molecule has 0 fully saturated rings. The minimum atomic E-state index is 0.994. The molecule has 2 nitrogen and oxygen atoms in total. The molecule has 3 rings (SSSR count). The van der Waals surface area contributed by atoms with E-state index < -0.39 is 0 Å². The van der Waals surface area contributed by atoms with Gasteiger partial charge in [-0.2, -0.15) is 0 Å². The summed E-state index contributed by atoms with van der Waals surface area (Å²) in [6.07, 6.45) is 4.14. The third-order valence-electron chi connectivity index (χ3n) is 2.83. The molecule has 0 aliphatic rings. The van der Waals surface area contributed by atoms with Crippen LogP contribution < -0.4 is 0 Å². The Balaban J connectivity index is 2.24. The quantitative estimate of drug-likeness (QED) is 0.649. The number of rotatable bonds is 1. The maximum atomic E-state index is 4.67. The fourth-order valence-electron chi connectivity index (χ4n) is 1.85. The van der Waals surface area contributed by atoms with Crippen molar-refractivity contribution in [2.75, 3.05) is 0 Å². The molecule has 0 saturated carbocycles. The minimum Gasteiger partial charge on any atom is -0.305 e. The van der Waals surface area contributed by atoms with Gasteiger partial charge in [0.05, 0.1) is 10.6 Å². The van der Waals surface area contributed by atoms with Crippen molar-refractivity contribution in [2.24, 2.45) is 0 Å². The molecule has 17 heavy (non-hydrogen) atoms. The number of hydrogen-bond acceptors (Lipinski definition) is 2. The van der Waals surface area contributed by atoms with Gasteiger partial charge in [-0.05, 0) is 58.4 Å². The van der Waals surface area contributed by atoms with Crippen molar-refractivity contribution in [2.45, 2.75) is 13.8 Å². The second-order valence-corrected chi connectivity index (χ2v) is 5.90. The van der Waals surface area contributed by atoms with Gasteiger partial charge < -0.3 is 4.40 Å². The van der Waals surface area contributed by atoms with Crippen LogP contribution in [0.3, 0.4) is 0 Å². The van der Waals surface area contributed by atoms with Gasteiger partial charge in [0, 0.05) is 16.9 Å². The smallest absolute Gasteiger partial charge is 0.137 e. The van der Waals surface area contributed by atoms with E-state index in [1.807, 2.05) is 0 Å². The summed E-state index contributed by atoms with van der Waals surface area (Å²) in [5, 5.41) is 2.11. The topological polar surface area (TPSA) is 17.3 Å². The Kier molecular flexibility index (Phi) is 2.56. The normalized spacial score (nSPS) is 11.2. The number of halogens is 1. The number of nitrogens with zero attached hydrogens (tertiary/aromatic N) is 2. The van der Waals surface area contributed by atoms with Crippen LogP contribution in [-0.4, -0.2) is 9.38 Å². The highest BCUT2D eigenvalue weighted by molar-refractivity contribution is 9.10. The zero-order valence-electron chi connectivity index (χ0n) is 9.57. The molecule has 0 aliphatic heterocycles. The average Bonchev–Trinajstić information content (AvgIpc) is 2.85. The average molecular weight is 307 g/mol. The number of pyridine rings is 1. The van der Waals surface area contributed by atoms with Gasteiger partial charge in [-0.25, -0.2) is 4.98 Å². The van der Waals surface area contributed by atoms with Gasteiger partial charge in [-0.15, -0.1) is 11.3 Å². The monoisotopic (exact) mass is 306 g/mol. The second kappa shape index (κ2) is 3.96. The first-order valence-electron chi connectivity index (χ1n) is 5.34. The highest BCUT2D eigenvalue weighted by atomic mass is 79.9. The summed E-state index contributed by atoms with van der Waals surface area (Å²) in [5.74, 6) is 0. The van der Waals surface area contributed by atoms with Crippen LogP contribution in [0.25, 0.3) is 16.2 Å². The van der Waals surface area contributed by atoms with Crippen LogP contribution >= 0.6 is 27.3 Å². The Morgan fingerprint density at radius 1 is 1.24 bits per heavy atom. The van der Waals surface area contributed by atoms with Crippen LogP contribution in [0.5, 0.6) is 0 Å². The van der Waals surface area contributed by atoms with Gasteiger partial charge in [0.1, 0.15) is 5.65 Å². The van der Waals surface area contributed by atoms with Crippen molar-refractivity contribution in [3.63, 3.8) is 0 Å². The zero-order chi connectivity index (χ0) is 12.0. The van der Waals surface area contributed by atoms with Crippen molar-refractivity contribution in [3.8, 4) is 10.6 Å². The van der Waals surface area contributed by atoms with Crippen LogP contribution in [0.15, 0.2) is 34.4 Å². The Labute approximate surface area is 112 Å². The van der Waals surface area contributed by atoms with E-state index in [4.69, 9.17) is 0 Å². The molecule has 0 atom stereocenters. The largest absolute Gasteiger partial charge is 0.305 e. The lowest BCUT2D eigenvalue weighted by atomic mass is 10.2. The second-order valence-electron chi connectivity index (χ2n) is 4.13. The Morgan fingerprint density at radius 3 is 2.76 bits per heavy atom. The van der Waals surface area contributed by atoms with Crippen LogP contribution in [0.4, 0.5) is 0 Å². The highest BCUT2D eigenvalue weighted by Gasteiger charge is 2.09. The predicted molar refractivity (Wildman–Crippen MR) is 75.7 cm³/mol. The molecule has 3 heterocycles. The summed E-state index contributed by atoms with van der Waals surface area (Å²) in [6.45, 7) is 4.20. The number of hydrogen-bond donors (Lipinski definition) is 0. The van der Waals surface area contributed by atoms with Crippen LogP contribution in [0.1, 0.15) is 11.1 Å². The number of aromatic nitrogens is 2. The first-order valence-corrected chi connectivity index (χ1v) is 7.02.